The molecule has 0 bridgehead atoms. The number of carbonyl (C=O) groups excluding carboxylic acids is 2. The summed E-state index contributed by atoms with van der Waals surface area (Å²) in [5.41, 5.74) is 4.42. The first-order chi connectivity index (χ1) is 12.3. The predicted molar refractivity (Wildman–Crippen MR) is 109 cm³/mol. The number of anilines is 1. The topological polar surface area (TPSA) is 40.6 Å². The van der Waals surface area contributed by atoms with E-state index in [4.69, 9.17) is 6.42 Å². The van der Waals surface area contributed by atoms with Crippen LogP contribution in [0.25, 0.3) is 11.6 Å². The minimum atomic E-state index is -0.320. The van der Waals surface area contributed by atoms with E-state index in [1.54, 1.807) is 6.08 Å². The molecule has 3 rings (SSSR count). The highest BCUT2D eigenvalue weighted by molar-refractivity contribution is 8.18. The van der Waals surface area contributed by atoms with Gasteiger partial charge in [0.2, 0.25) is 0 Å². The van der Waals surface area contributed by atoms with Crippen molar-refractivity contribution in [3.05, 3.63) is 40.3 Å². The van der Waals surface area contributed by atoms with Crippen LogP contribution in [0.1, 0.15) is 38.8 Å². The lowest BCUT2D eigenvalue weighted by Crippen LogP contribution is -2.44. The van der Waals surface area contributed by atoms with Crippen LogP contribution in [0.5, 0.6) is 0 Å². The highest BCUT2D eigenvalue weighted by Gasteiger charge is 2.34. The number of amides is 2. The molecular formula is C21H22N2O2S. The van der Waals surface area contributed by atoms with Crippen molar-refractivity contribution in [2.75, 3.05) is 18.0 Å². The second-order valence-electron chi connectivity index (χ2n) is 6.97. The molecular weight excluding hydrogens is 344 g/mol. The van der Waals surface area contributed by atoms with Crippen LogP contribution in [0.3, 0.4) is 0 Å². The number of fused-ring (bicyclic) bond motifs is 1. The van der Waals surface area contributed by atoms with Gasteiger partial charge < -0.3 is 4.90 Å². The van der Waals surface area contributed by atoms with Crippen LogP contribution in [-0.4, -0.2) is 34.7 Å². The number of nitrogens with zero attached hydrogens (tertiary/aromatic N) is 2. The molecule has 1 aromatic carbocycles. The molecule has 0 N–H and O–H groups in total. The molecule has 0 aromatic heterocycles. The smallest absolute Gasteiger partial charge is 0.294 e. The van der Waals surface area contributed by atoms with E-state index in [1.165, 1.54) is 11.3 Å². The molecule has 1 aromatic rings. The van der Waals surface area contributed by atoms with Crippen LogP contribution >= 0.6 is 11.8 Å². The molecule has 4 nitrogen and oxygen atoms in total. The zero-order valence-corrected chi connectivity index (χ0v) is 16.3. The van der Waals surface area contributed by atoms with Crippen LogP contribution in [0.2, 0.25) is 0 Å². The summed E-state index contributed by atoms with van der Waals surface area (Å²) in [6.45, 7) is 9.59. The van der Waals surface area contributed by atoms with Gasteiger partial charge in [-0.1, -0.05) is 18.1 Å². The fourth-order valence-corrected chi connectivity index (χ4v) is 4.49. The second-order valence-corrected chi connectivity index (χ2v) is 7.97. The Labute approximate surface area is 158 Å². The number of terminal acetylenes is 1. The maximum Gasteiger partial charge on any atom is 0.294 e. The normalized spacial score (nSPS) is 20.3. The average Bonchev–Trinajstić information content (AvgIpc) is 2.83. The number of hydrogen-bond acceptors (Lipinski definition) is 4. The van der Waals surface area contributed by atoms with Gasteiger partial charge in [0.1, 0.15) is 0 Å². The Bertz CT molecular complexity index is 890. The molecule has 0 spiro atoms. The van der Waals surface area contributed by atoms with Crippen LogP contribution in [-0.2, 0) is 4.79 Å². The third-order valence-electron chi connectivity index (χ3n) is 4.74. The number of rotatable bonds is 3. The Hall–Kier alpha value is -2.45. The highest BCUT2D eigenvalue weighted by Crippen LogP contribution is 2.40. The highest BCUT2D eigenvalue weighted by atomic mass is 32.2. The number of allylic oxidation sites excluding steroid dienone is 1. The predicted octanol–water partition coefficient (Wildman–Crippen LogP) is 4.38. The first kappa shape index (κ1) is 18.3. The largest absolute Gasteiger partial charge is 0.363 e. The van der Waals surface area contributed by atoms with Crippen molar-refractivity contribution in [2.24, 2.45) is 0 Å². The van der Waals surface area contributed by atoms with E-state index in [0.717, 1.165) is 34.3 Å². The fourth-order valence-electron chi connectivity index (χ4n) is 3.65. The summed E-state index contributed by atoms with van der Waals surface area (Å²) in [4.78, 5) is 28.1. The minimum Gasteiger partial charge on any atom is -0.363 e. The fraction of sp³-hybridized carbons (Fsp3) is 0.333. The summed E-state index contributed by atoms with van der Waals surface area (Å²) in [5, 5.41) is -0.313. The number of hydrogen-bond donors (Lipinski definition) is 0. The maximum absolute atomic E-state index is 12.3. The van der Waals surface area contributed by atoms with Gasteiger partial charge in [0.25, 0.3) is 11.1 Å². The van der Waals surface area contributed by atoms with Crippen molar-refractivity contribution in [3.63, 3.8) is 0 Å². The summed E-state index contributed by atoms with van der Waals surface area (Å²) in [7, 11) is 0. The summed E-state index contributed by atoms with van der Waals surface area (Å²) >= 11 is 0.938. The van der Waals surface area contributed by atoms with Crippen molar-refractivity contribution in [2.45, 2.75) is 33.2 Å². The summed E-state index contributed by atoms with van der Waals surface area (Å²) in [6, 6.07) is 6.16. The van der Waals surface area contributed by atoms with Crippen LogP contribution in [0.15, 0.2) is 29.2 Å². The molecule has 0 saturated carbocycles. The molecule has 0 unspecified atom stereocenters. The zero-order valence-electron chi connectivity index (χ0n) is 15.5. The first-order valence-corrected chi connectivity index (χ1v) is 9.40. The Morgan fingerprint density at radius 2 is 2.04 bits per heavy atom. The van der Waals surface area contributed by atoms with Crippen LogP contribution < -0.4 is 4.90 Å². The Kier molecular flexibility index (Phi) is 4.72. The number of thioether (sulfide) groups is 1. The molecule has 1 saturated heterocycles. The van der Waals surface area contributed by atoms with Gasteiger partial charge in [0, 0.05) is 17.8 Å². The average molecular weight is 366 g/mol. The number of benzene rings is 1. The van der Waals surface area contributed by atoms with E-state index in [2.05, 4.69) is 56.7 Å². The van der Waals surface area contributed by atoms with Crippen LogP contribution in [0.4, 0.5) is 10.5 Å². The SMILES string of the molecule is C#CCN1C(=O)S/C(=C/c2ccc3c(c2)C(C)=CC(C)(C)N3CC)C1=O. The molecule has 2 aliphatic heterocycles. The standard InChI is InChI=1S/C21H22N2O2S/c1-6-10-22-19(24)18(26-20(22)25)12-15-8-9-17-16(11-15)14(3)13-21(4,5)23(17)7-2/h1,8-9,11-13H,7,10H2,2-5H3/b18-12+. The van der Waals surface area contributed by atoms with Gasteiger partial charge in [-0.25, -0.2) is 0 Å². The zero-order chi connectivity index (χ0) is 19.1. The molecule has 0 atom stereocenters. The van der Waals surface area contributed by atoms with E-state index < -0.39 is 0 Å². The molecule has 2 aliphatic rings. The van der Waals surface area contributed by atoms with Gasteiger partial charge in [0.05, 0.1) is 17.0 Å². The molecule has 0 aliphatic carbocycles. The van der Waals surface area contributed by atoms with Crippen molar-refractivity contribution >= 4 is 40.2 Å². The molecule has 26 heavy (non-hydrogen) atoms. The van der Waals surface area contributed by atoms with Crippen molar-refractivity contribution in [1.29, 1.82) is 0 Å². The van der Waals surface area contributed by atoms with E-state index in [1.807, 2.05) is 6.07 Å². The quantitative estimate of drug-likeness (QED) is 0.588. The number of imide groups is 1. The minimum absolute atomic E-state index is 0.00851. The summed E-state index contributed by atoms with van der Waals surface area (Å²) in [5.74, 6) is 2.03. The molecule has 2 heterocycles. The van der Waals surface area contributed by atoms with Gasteiger partial charge in [-0.15, -0.1) is 6.42 Å². The van der Waals surface area contributed by atoms with Gasteiger partial charge in [-0.3, -0.25) is 14.5 Å². The van der Waals surface area contributed by atoms with Gasteiger partial charge in [-0.05, 0) is 68.8 Å². The monoisotopic (exact) mass is 366 g/mol. The lowest BCUT2D eigenvalue weighted by molar-refractivity contribution is -0.122. The summed E-state index contributed by atoms with van der Waals surface area (Å²) < 4.78 is 0. The van der Waals surface area contributed by atoms with Gasteiger partial charge >= 0.3 is 0 Å². The number of carbonyl (C=O) groups is 2. The van der Waals surface area contributed by atoms with Gasteiger partial charge in [-0.2, -0.15) is 0 Å². The molecule has 0 radical (unpaired) electrons. The van der Waals surface area contributed by atoms with Gasteiger partial charge in [0.15, 0.2) is 0 Å². The number of likely N-dealkylation sites (N-methyl/N-ethyl adjacent to an activating group) is 1. The third kappa shape index (κ3) is 3.06. The van der Waals surface area contributed by atoms with Crippen molar-refractivity contribution in [3.8, 4) is 12.3 Å². The third-order valence-corrected chi connectivity index (χ3v) is 5.65. The molecule has 134 valence electrons. The Balaban J connectivity index is 1.98. The van der Waals surface area contributed by atoms with E-state index in [0.29, 0.717) is 4.91 Å². The Morgan fingerprint density at radius 3 is 2.69 bits per heavy atom. The van der Waals surface area contributed by atoms with Crippen molar-refractivity contribution < 1.29 is 9.59 Å². The van der Waals surface area contributed by atoms with Crippen molar-refractivity contribution in [1.82, 2.24) is 4.90 Å². The van der Waals surface area contributed by atoms with Crippen LogP contribution in [0, 0.1) is 12.3 Å². The molecule has 2 amide bonds. The second kappa shape index (κ2) is 6.69. The lowest BCUT2D eigenvalue weighted by Gasteiger charge is -2.42. The van der Waals surface area contributed by atoms with E-state index in [-0.39, 0.29) is 23.2 Å². The molecule has 5 heteroatoms. The Morgan fingerprint density at radius 1 is 1.31 bits per heavy atom. The molecule has 1 fully saturated rings. The maximum atomic E-state index is 12.3. The summed E-state index contributed by atoms with van der Waals surface area (Å²) in [6.07, 6.45) is 9.27. The lowest BCUT2D eigenvalue weighted by atomic mass is 9.88. The van der Waals surface area contributed by atoms with E-state index in [9.17, 15) is 9.59 Å². The first-order valence-electron chi connectivity index (χ1n) is 8.59. The van der Waals surface area contributed by atoms with E-state index >= 15 is 0 Å².